The minimum absolute atomic E-state index is 0.0651. The number of benzene rings is 2. The molecular formula is C18H17ClN2O3. The summed E-state index contributed by atoms with van der Waals surface area (Å²) in [7, 11) is 3.29. The summed E-state index contributed by atoms with van der Waals surface area (Å²) >= 11 is 5.97. The number of nitrogens with one attached hydrogen (secondary N) is 1. The molecule has 0 fully saturated rings. The van der Waals surface area contributed by atoms with Gasteiger partial charge in [0, 0.05) is 17.8 Å². The van der Waals surface area contributed by atoms with Gasteiger partial charge in [-0.3, -0.25) is 9.59 Å². The van der Waals surface area contributed by atoms with Gasteiger partial charge in [0.05, 0.1) is 25.6 Å². The maximum Gasteiger partial charge on any atom is 0.231 e. The van der Waals surface area contributed by atoms with Crippen molar-refractivity contribution in [2.75, 3.05) is 24.4 Å². The lowest BCUT2D eigenvalue weighted by Gasteiger charge is -2.12. The van der Waals surface area contributed by atoms with Gasteiger partial charge in [0.15, 0.2) is 0 Å². The molecule has 0 bridgehead atoms. The first-order valence-corrected chi connectivity index (χ1v) is 7.87. The SMILES string of the molecule is COc1ccc(Cl)cc1NC(=O)Cc1ccc2c(c1)CC(=O)N2C. The number of hydrogen-bond donors (Lipinski definition) is 1. The molecule has 2 aromatic rings. The summed E-state index contributed by atoms with van der Waals surface area (Å²) in [5, 5.41) is 3.33. The number of halogens is 1. The van der Waals surface area contributed by atoms with Crippen LogP contribution in [0.2, 0.25) is 5.02 Å². The van der Waals surface area contributed by atoms with E-state index in [9.17, 15) is 9.59 Å². The highest BCUT2D eigenvalue weighted by atomic mass is 35.5. The zero-order valence-corrected chi connectivity index (χ0v) is 14.2. The molecular weight excluding hydrogens is 328 g/mol. The maximum absolute atomic E-state index is 12.3. The van der Waals surface area contributed by atoms with Crippen molar-refractivity contribution in [3.8, 4) is 5.75 Å². The van der Waals surface area contributed by atoms with Crippen molar-refractivity contribution >= 4 is 34.8 Å². The van der Waals surface area contributed by atoms with Crippen LogP contribution >= 0.6 is 11.6 Å². The van der Waals surface area contributed by atoms with Crippen molar-refractivity contribution in [3.63, 3.8) is 0 Å². The Bertz CT molecular complexity index is 820. The van der Waals surface area contributed by atoms with Gasteiger partial charge in [-0.05, 0) is 35.4 Å². The molecule has 1 N–H and O–H groups in total. The van der Waals surface area contributed by atoms with Crippen LogP contribution in [0.15, 0.2) is 36.4 Å². The Morgan fingerprint density at radius 1 is 1.29 bits per heavy atom. The number of carbonyl (C=O) groups is 2. The van der Waals surface area contributed by atoms with E-state index in [4.69, 9.17) is 16.3 Å². The van der Waals surface area contributed by atoms with Crippen LogP contribution in [0.3, 0.4) is 0 Å². The molecule has 0 saturated carbocycles. The first kappa shape index (κ1) is 16.3. The average molecular weight is 345 g/mol. The second-order valence-corrected chi connectivity index (χ2v) is 6.10. The zero-order chi connectivity index (χ0) is 17.3. The van der Waals surface area contributed by atoms with Crippen molar-refractivity contribution < 1.29 is 14.3 Å². The fourth-order valence-corrected chi connectivity index (χ4v) is 2.96. The number of ether oxygens (including phenoxy) is 1. The van der Waals surface area contributed by atoms with Crippen LogP contribution in [0.1, 0.15) is 11.1 Å². The molecule has 0 aromatic heterocycles. The van der Waals surface area contributed by atoms with Crippen LogP contribution in [0, 0.1) is 0 Å². The molecule has 3 rings (SSSR count). The Morgan fingerprint density at radius 3 is 2.83 bits per heavy atom. The van der Waals surface area contributed by atoms with Crippen LogP contribution < -0.4 is 15.0 Å². The van der Waals surface area contributed by atoms with E-state index in [1.54, 1.807) is 30.1 Å². The molecule has 0 saturated heterocycles. The highest BCUT2D eigenvalue weighted by molar-refractivity contribution is 6.31. The summed E-state index contributed by atoms with van der Waals surface area (Å²) in [5.74, 6) is 0.442. The Kier molecular flexibility index (Phi) is 4.44. The molecule has 5 nitrogen and oxygen atoms in total. The first-order chi connectivity index (χ1) is 11.5. The molecule has 6 heteroatoms. The molecule has 1 heterocycles. The first-order valence-electron chi connectivity index (χ1n) is 7.49. The minimum atomic E-state index is -0.173. The van der Waals surface area contributed by atoms with Gasteiger partial charge in [-0.2, -0.15) is 0 Å². The summed E-state index contributed by atoms with van der Waals surface area (Å²) in [6, 6.07) is 10.7. The third-order valence-electron chi connectivity index (χ3n) is 4.02. The summed E-state index contributed by atoms with van der Waals surface area (Å²) in [6.45, 7) is 0. The van der Waals surface area contributed by atoms with E-state index in [1.165, 1.54) is 7.11 Å². The van der Waals surface area contributed by atoms with E-state index in [1.807, 2.05) is 18.2 Å². The lowest BCUT2D eigenvalue weighted by molar-refractivity contribution is -0.117. The maximum atomic E-state index is 12.3. The van der Waals surface area contributed by atoms with Gasteiger partial charge < -0.3 is 15.0 Å². The molecule has 1 aliphatic heterocycles. The molecule has 0 radical (unpaired) electrons. The van der Waals surface area contributed by atoms with Gasteiger partial charge in [0.2, 0.25) is 11.8 Å². The third-order valence-corrected chi connectivity index (χ3v) is 4.26. The summed E-state index contributed by atoms with van der Waals surface area (Å²) in [4.78, 5) is 25.7. The Hall–Kier alpha value is -2.53. The van der Waals surface area contributed by atoms with E-state index >= 15 is 0 Å². The van der Waals surface area contributed by atoms with Crippen LogP contribution in [-0.4, -0.2) is 26.0 Å². The molecule has 2 aromatic carbocycles. The summed E-state index contributed by atoms with van der Waals surface area (Å²) in [6.07, 6.45) is 0.588. The number of carbonyl (C=O) groups excluding carboxylic acids is 2. The average Bonchev–Trinajstić information content (AvgIpc) is 2.81. The second-order valence-electron chi connectivity index (χ2n) is 5.66. The number of likely N-dealkylation sites (N-methyl/N-ethyl adjacent to an activating group) is 1. The van der Waals surface area contributed by atoms with Gasteiger partial charge in [-0.1, -0.05) is 23.7 Å². The standard InChI is InChI=1S/C18H17ClN2O3/c1-21-15-5-3-11(7-12(15)9-18(21)23)8-17(22)20-14-10-13(19)4-6-16(14)24-2/h3-7,10H,8-9H2,1-2H3,(H,20,22). The fraction of sp³-hybridized carbons (Fsp3) is 0.222. The molecule has 124 valence electrons. The number of anilines is 2. The zero-order valence-electron chi connectivity index (χ0n) is 13.4. The second kappa shape index (κ2) is 6.53. The predicted octanol–water partition coefficient (Wildman–Crippen LogP) is 3.05. The van der Waals surface area contributed by atoms with Crippen LogP contribution in [-0.2, 0) is 22.4 Å². The quantitative estimate of drug-likeness (QED) is 0.927. The number of amides is 2. The lowest BCUT2D eigenvalue weighted by atomic mass is 10.1. The van der Waals surface area contributed by atoms with Crippen LogP contribution in [0.4, 0.5) is 11.4 Å². The Balaban J connectivity index is 1.73. The summed E-state index contributed by atoms with van der Waals surface area (Å²) < 4.78 is 5.22. The van der Waals surface area contributed by atoms with Crippen LogP contribution in [0.5, 0.6) is 5.75 Å². The van der Waals surface area contributed by atoms with E-state index in [-0.39, 0.29) is 18.2 Å². The van der Waals surface area contributed by atoms with Crippen LogP contribution in [0.25, 0.3) is 0 Å². The smallest absolute Gasteiger partial charge is 0.231 e. The lowest BCUT2D eigenvalue weighted by Crippen LogP contribution is -2.20. The number of fused-ring (bicyclic) bond motifs is 1. The van der Waals surface area contributed by atoms with Gasteiger partial charge >= 0.3 is 0 Å². The largest absolute Gasteiger partial charge is 0.495 e. The van der Waals surface area contributed by atoms with E-state index in [2.05, 4.69) is 5.32 Å². The highest BCUT2D eigenvalue weighted by Gasteiger charge is 2.24. The number of rotatable bonds is 4. The fourth-order valence-electron chi connectivity index (χ4n) is 2.79. The van der Waals surface area contributed by atoms with Gasteiger partial charge in [-0.15, -0.1) is 0 Å². The Morgan fingerprint density at radius 2 is 2.08 bits per heavy atom. The molecule has 0 spiro atoms. The summed E-state index contributed by atoms with van der Waals surface area (Å²) in [5.41, 5.74) is 3.25. The van der Waals surface area contributed by atoms with Crippen molar-refractivity contribution in [1.82, 2.24) is 0 Å². The van der Waals surface area contributed by atoms with E-state index in [0.29, 0.717) is 22.9 Å². The molecule has 0 atom stereocenters. The third kappa shape index (κ3) is 3.21. The van der Waals surface area contributed by atoms with E-state index < -0.39 is 0 Å². The topological polar surface area (TPSA) is 58.6 Å². The van der Waals surface area contributed by atoms with Gasteiger partial charge in [0.1, 0.15) is 5.75 Å². The monoisotopic (exact) mass is 344 g/mol. The molecule has 24 heavy (non-hydrogen) atoms. The number of methoxy groups -OCH3 is 1. The Labute approximate surface area is 145 Å². The molecule has 2 amide bonds. The molecule has 1 aliphatic rings. The minimum Gasteiger partial charge on any atom is -0.495 e. The van der Waals surface area contributed by atoms with Crippen molar-refractivity contribution in [2.24, 2.45) is 0 Å². The molecule has 0 aliphatic carbocycles. The van der Waals surface area contributed by atoms with Crippen molar-refractivity contribution in [3.05, 3.63) is 52.5 Å². The normalized spacial score (nSPS) is 13.0. The number of nitrogens with zero attached hydrogens (tertiary/aromatic N) is 1. The van der Waals surface area contributed by atoms with Crippen molar-refractivity contribution in [2.45, 2.75) is 12.8 Å². The van der Waals surface area contributed by atoms with Crippen molar-refractivity contribution in [1.29, 1.82) is 0 Å². The van der Waals surface area contributed by atoms with Gasteiger partial charge in [-0.25, -0.2) is 0 Å². The van der Waals surface area contributed by atoms with E-state index in [0.717, 1.165) is 16.8 Å². The molecule has 0 unspecified atom stereocenters. The predicted molar refractivity (Wildman–Crippen MR) is 93.9 cm³/mol. The number of hydrogen-bond acceptors (Lipinski definition) is 3. The highest BCUT2D eigenvalue weighted by Crippen LogP contribution is 2.30. The van der Waals surface area contributed by atoms with Gasteiger partial charge in [0.25, 0.3) is 0 Å².